The molecule has 9 nitrogen and oxygen atoms in total. The molecule has 1 unspecified atom stereocenters. The van der Waals surface area contributed by atoms with Crippen molar-refractivity contribution < 1.29 is 40.5 Å². The zero-order chi connectivity index (χ0) is 16.3. The average molecular weight is 342 g/mol. The second kappa shape index (κ2) is 6.58. The summed E-state index contributed by atoms with van der Waals surface area (Å²) in [6.45, 7) is -0.603. The quantitative estimate of drug-likeness (QED) is 0.561. The van der Waals surface area contributed by atoms with Crippen LogP contribution in [0.5, 0.6) is 11.5 Å². The van der Waals surface area contributed by atoms with Crippen molar-refractivity contribution in [1.29, 1.82) is 0 Å². The molecule has 0 radical (unpaired) electrons. The molecule has 0 spiro atoms. The minimum Gasteiger partial charge on any atom is -0.497 e. The van der Waals surface area contributed by atoms with Crippen molar-refractivity contribution in [2.24, 2.45) is 0 Å². The SMILES string of the molecule is COc1ccc(OCC(O)CS(=O)(=O)O)c(S(=O)(=O)O)c1. The highest BCUT2D eigenvalue weighted by Crippen LogP contribution is 2.28. The maximum atomic E-state index is 11.2. The fraction of sp³-hybridized carbons (Fsp3) is 0.400. The molecular formula is C10H14O9S2. The average Bonchev–Trinajstić information content (AvgIpc) is 2.33. The Morgan fingerprint density at radius 2 is 1.81 bits per heavy atom. The van der Waals surface area contributed by atoms with Gasteiger partial charge < -0.3 is 14.6 Å². The lowest BCUT2D eigenvalue weighted by Crippen LogP contribution is -2.27. The third kappa shape index (κ3) is 5.85. The van der Waals surface area contributed by atoms with E-state index in [9.17, 15) is 21.9 Å². The number of aliphatic hydroxyl groups excluding tert-OH is 1. The molecule has 0 saturated heterocycles. The predicted octanol–water partition coefficient (Wildman–Crippen LogP) is -0.431. The lowest BCUT2D eigenvalue weighted by Gasteiger charge is -2.13. The summed E-state index contributed by atoms with van der Waals surface area (Å²) in [4.78, 5) is -0.596. The van der Waals surface area contributed by atoms with Gasteiger partial charge in [-0.3, -0.25) is 9.11 Å². The summed E-state index contributed by atoms with van der Waals surface area (Å²) in [5.41, 5.74) is 0. The molecule has 21 heavy (non-hydrogen) atoms. The van der Waals surface area contributed by atoms with Gasteiger partial charge in [0.25, 0.3) is 20.2 Å². The van der Waals surface area contributed by atoms with Crippen LogP contribution in [-0.2, 0) is 20.2 Å². The van der Waals surface area contributed by atoms with Crippen LogP contribution in [0.15, 0.2) is 23.1 Å². The first-order valence-corrected chi connectivity index (χ1v) is 8.49. The van der Waals surface area contributed by atoms with E-state index in [0.717, 1.165) is 6.07 Å². The van der Waals surface area contributed by atoms with E-state index in [1.807, 2.05) is 0 Å². The first kappa shape index (κ1) is 17.7. The molecule has 1 rings (SSSR count). The number of aliphatic hydroxyl groups is 1. The number of ether oxygens (including phenoxy) is 2. The molecule has 0 aromatic heterocycles. The van der Waals surface area contributed by atoms with Crippen molar-refractivity contribution in [3.05, 3.63) is 18.2 Å². The third-order valence-electron chi connectivity index (χ3n) is 2.26. The molecule has 1 atom stereocenters. The molecule has 1 aromatic rings. The molecule has 0 aliphatic rings. The standard InChI is InChI=1S/C10H14O9S2/c1-18-8-2-3-9(10(4-8)21(15,16)17)19-5-7(11)6-20(12,13)14/h2-4,7,11H,5-6H2,1H3,(H,12,13,14)(H,15,16,17). The lowest BCUT2D eigenvalue weighted by atomic mass is 10.3. The Hall–Kier alpha value is -1.40. The summed E-state index contributed by atoms with van der Waals surface area (Å²) in [6, 6.07) is 3.51. The molecule has 0 aliphatic carbocycles. The summed E-state index contributed by atoms with van der Waals surface area (Å²) in [5, 5.41) is 9.34. The smallest absolute Gasteiger partial charge is 0.298 e. The van der Waals surface area contributed by atoms with Crippen molar-refractivity contribution in [2.75, 3.05) is 19.5 Å². The summed E-state index contributed by atoms with van der Waals surface area (Å²) in [7, 11) is -7.71. The Morgan fingerprint density at radius 3 is 2.29 bits per heavy atom. The van der Waals surface area contributed by atoms with Gasteiger partial charge >= 0.3 is 0 Å². The van der Waals surface area contributed by atoms with E-state index in [1.165, 1.54) is 19.2 Å². The van der Waals surface area contributed by atoms with Gasteiger partial charge in [0, 0.05) is 6.07 Å². The largest absolute Gasteiger partial charge is 0.497 e. The topological polar surface area (TPSA) is 147 Å². The van der Waals surface area contributed by atoms with Gasteiger partial charge in [0.05, 0.1) is 7.11 Å². The van der Waals surface area contributed by atoms with Crippen LogP contribution in [0.1, 0.15) is 0 Å². The summed E-state index contributed by atoms with van der Waals surface area (Å²) in [5.74, 6) is -1.12. The van der Waals surface area contributed by atoms with E-state index in [4.69, 9.17) is 18.6 Å². The van der Waals surface area contributed by atoms with Gasteiger partial charge in [-0.25, -0.2) is 0 Å². The van der Waals surface area contributed by atoms with Gasteiger partial charge in [0.1, 0.15) is 34.9 Å². The molecule has 0 fully saturated rings. The summed E-state index contributed by atoms with van der Waals surface area (Å²) >= 11 is 0. The Kier molecular flexibility index (Phi) is 5.53. The monoisotopic (exact) mass is 342 g/mol. The Balaban J connectivity index is 2.94. The molecule has 120 valence electrons. The predicted molar refractivity (Wildman–Crippen MR) is 70.7 cm³/mol. The van der Waals surface area contributed by atoms with Crippen molar-refractivity contribution in [1.82, 2.24) is 0 Å². The van der Waals surface area contributed by atoms with Gasteiger partial charge in [-0.05, 0) is 12.1 Å². The molecule has 11 heteroatoms. The van der Waals surface area contributed by atoms with E-state index in [1.54, 1.807) is 0 Å². The molecule has 3 N–H and O–H groups in total. The van der Waals surface area contributed by atoms with Gasteiger partial charge in [-0.2, -0.15) is 16.8 Å². The maximum absolute atomic E-state index is 11.2. The van der Waals surface area contributed by atoms with E-state index in [0.29, 0.717) is 0 Å². The van der Waals surface area contributed by atoms with Gasteiger partial charge in [0.15, 0.2) is 0 Å². The Bertz CT molecular complexity index is 693. The van der Waals surface area contributed by atoms with E-state index in [-0.39, 0.29) is 11.5 Å². The number of hydrogen-bond acceptors (Lipinski definition) is 7. The second-order valence-corrected chi connectivity index (χ2v) is 6.89. The highest BCUT2D eigenvalue weighted by molar-refractivity contribution is 7.86. The van der Waals surface area contributed by atoms with Gasteiger partial charge in [-0.1, -0.05) is 0 Å². The fourth-order valence-corrected chi connectivity index (χ4v) is 2.64. The lowest BCUT2D eigenvalue weighted by molar-refractivity contribution is 0.121. The van der Waals surface area contributed by atoms with Crippen LogP contribution in [0.2, 0.25) is 0 Å². The van der Waals surface area contributed by atoms with Crippen LogP contribution in [0.25, 0.3) is 0 Å². The van der Waals surface area contributed by atoms with Gasteiger partial charge in [0.2, 0.25) is 0 Å². The van der Waals surface area contributed by atoms with Crippen LogP contribution in [0, 0.1) is 0 Å². The van der Waals surface area contributed by atoms with E-state index < -0.39 is 43.6 Å². The molecule has 1 aromatic carbocycles. The third-order valence-corrected chi connectivity index (χ3v) is 3.94. The minimum absolute atomic E-state index is 0.147. The molecular weight excluding hydrogens is 328 g/mol. The van der Waals surface area contributed by atoms with Crippen LogP contribution in [0.3, 0.4) is 0 Å². The molecule has 0 saturated carbocycles. The highest BCUT2D eigenvalue weighted by atomic mass is 32.2. The maximum Gasteiger partial charge on any atom is 0.298 e. The number of hydrogen-bond donors (Lipinski definition) is 3. The fourth-order valence-electron chi connectivity index (χ4n) is 1.41. The van der Waals surface area contributed by atoms with Crippen molar-refractivity contribution in [3.8, 4) is 11.5 Å². The molecule has 0 aliphatic heterocycles. The van der Waals surface area contributed by atoms with Crippen LogP contribution < -0.4 is 9.47 Å². The highest BCUT2D eigenvalue weighted by Gasteiger charge is 2.20. The first-order chi connectivity index (χ1) is 9.53. The summed E-state index contributed by atoms with van der Waals surface area (Å²) < 4.78 is 70.9. The Labute approximate surface area is 121 Å². The molecule has 0 heterocycles. The number of benzene rings is 1. The number of rotatable bonds is 7. The molecule has 0 bridgehead atoms. The zero-order valence-electron chi connectivity index (χ0n) is 10.8. The Morgan fingerprint density at radius 1 is 1.19 bits per heavy atom. The van der Waals surface area contributed by atoms with E-state index >= 15 is 0 Å². The van der Waals surface area contributed by atoms with Crippen molar-refractivity contribution in [3.63, 3.8) is 0 Å². The van der Waals surface area contributed by atoms with Crippen molar-refractivity contribution in [2.45, 2.75) is 11.0 Å². The van der Waals surface area contributed by atoms with Gasteiger partial charge in [-0.15, -0.1) is 0 Å². The molecule has 0 amide bonds. The summed E-state index contributed by atoms with van der Waals surface area (Å²) in [6.07, 6.45) is -1.57. The van der Waals surface area contributed by atoms with Crippen LogP contribution in [0.4, 0.5) is 0 Å². The van der Waals surface area contributed by atoms with Crippen LogP contribution in [-0.4, -0.2) is 56.6 Å². The second-order valence-electron chi connectivity index (χ2n) is 4.00. The normalized spacial score (nSPS) is 13.7. The minimum atomic E-state index is -4.60. The van der Waals surface area contributed by atoms with Crippen LogP contribution >= 0.6 is 0 Å². The van der Waals surface area contributed by atoms with E-state index in [2.05, 4.69) is 0 Å². The van der Waals surface area contributed by atoms with Crippen molar-refractivity contribution >= 4 is 20.2 Å². The number of methoxy groups -OCH3 is 1. The zero-order valence-corrected chi connectivity index (χ0v) is 12.5. The first-order valence-electron chi connectivity index (χ1n) is 5.44.